The van der Waals surface area contributed by atoms with E-state index in [1.807, 2.05) is 24.3 Å². The van der Waals surface area contributed by atoms with Crippen LogP contribution in [0.2, 0.25) is 0 Å². The number of rotatable bonds is 5. The van der Waals surface area contributed by atoms with Gasteiger partial charge in [-0.15, -0.1) is 12.3 Å². The van der Waals surface area contributed by atoms with Crippen molar-refractivity contribution in [2.75, 3.05) is 6.61 Å². The quantitative estimate of drug-likeness (QED) is 0.343. The van der Waals surface area contributed by atoms with E-state index in [9.17, 15) is 0 Å². The van der Waals surface area contributed by atoms with Crippen LogP contribution in [0.15, 0.2) is 42.4 Å². The Bertz CT molecular complexity index is 229. The Kier molecular flexibility index (Phi) is 4.04. The van der Waals surface area contributed by atoms with E-state index in [2.05, 4.69) is 12.3 Å². The van der Waals surface area contributed by atoms with Gasteiger partial charge in [-0.1, -0.05) is 6.08 Å². The first kappa shape index (κ1) is 8.89. The van der Waals surface area contributed by atoms with Gasteiger partial charge in [0.05, 0.1) is 6.61 Å². The van der Waals surface area contributed by atoms with Crippen LogP contribution in [0, 0.1) is 0 Å². The number of hydrogen-bond acceptors (Lipinski definition) is 1. The first-order chi connectivity index (χ1) is 5.93. The highest BCUT2D eigenvalue weighted by Crippen LogP contribution is 2.08. The van der Waals surface area contributed by atoms with Gasteiger partial charge in [-0.3, -0.25) is 0 Å². The lowest BCUT2D eigenvalue weighted by Gasteiger charge is -2.07. The summed E-state index contributed by atoms with van der Waals surface area (Å²) in [7, 11) is 0. The largest absolute Gasteiger partial charge is 0.498 e. The van der Waals surface area contributed by atoms with Crippen molar-refractivity contribution in [3.63, 3.8) is 0 Å². The zero-order chi connectivity index (χ0) is 8.65. The lowest BCUT2D eigenvalue weighted by Crippen LogP contribution is -1.94. The molecule has 0 unspecified atom stereocenters. The van der Waals surface area contributed by atoms with E-state index in [4.69, 9.17) is 4.74 Å². The molecule has 0 N–H and O–H groups in total. The summed E-state index contributed by atoms with van der Waals surface area (Å²) in [6.07, 6.45) is 10.7. The molecule has 0 heterocycles. The van der Waals surface area contributed by atoms with Gasteiger partial charge < -0.3 is 4.74 Å². The minimum Gasteiger partial charge on any atom is -0.498 e. The molecule has 0 aromatic rings. The van der Waals surface area contributed by atoms with E-state index < -0.39 is 0 Å². The van der Waals surface area contributed by atoms with Crippen LogP contribution in [-0.4, -0.2) is 6.61 Å². The van der Waals surface area contributed by atoms with Gasteiger partial charge >= 0.3 is 0 Å². The Labute approximate surface area is 73.7 Å². The third kappa shape index (κ3) is 3.27. The van der Waals surface area contributed by atoms with Gasteiger partial charge in [-0.2, -0.15) is 0 Å². The topological polar surface area (TPSA) is 9.23 Å². The zero-order valence-corrected chi connectivity index (χ0v) is 7.25. The molecule has 1 aliphatic rings. The van der Waals surface area contributed by atoms with Gasteiger partial charge in [-0.25, -0.2) is 0 Å². The minimum absolute atomic E-state index is 0.791. The standard InChI is InChI=1S/C11H14O/c1-2-3-7-10-12-11-8-5-4-6-9-11/h2,5-6,8H,1,3,7,9-10H2. The SMILES string of the molecule is C=CCCCOC1=CC=C=CC1. The van der Waals surface area contributed by atoms with Crippen molar-refractivity contribution in [3.8, 4) is 0 Å². The van der Waals surface area contributed by atoms with Crippen molar-refractivity contribution in [2.24, 2.45) is 0 Å². The third-order valence-corrected chi connectivity index (χ3v) is 1.63. The second-order valence-corrected chi connectivity index (χ2v) is 2.65. The molecular formula is C11H14O. The molecule has 0 saturated carbocycles. The molecule has 0 atom stereocenters. The van der Waals surface area contributed by atoms with Crippen molar-refractivity contribution < 1.29 is 4.74 Å². The lowest BCUT2D eigenvalue weighted by atomic mass is 10.2. The number of unbranched alkanes of at least 4 members (excludes halogenated alkanes) is 1. The Hall–Kier alpha value is -1.20. The van der Waals surface area contributed by atoms with Crippen LogP contribution in [0.25, 0.3) is 0 Å². The van der Waals surface area contributed by atoms with E-state index >= 15 is 0 Å². The highest BCUT2D eigenvalue weighted by atomic mass is 16.5. The molecule has 0 radical (unpaired) electrons. The smallest absolute Gasteiger partial charge is 0.101 e. The normalized spacial score (nSPS) is 14.2. The summed E-state index contributed by atoms with van der Waals surface area (Å²) in [6, 6.07) is 0. The molecule has 12 heavy (non-hydrogen) atoms. The van der Waals surface area contributed by atoms with Gasteiger partial charge in [-0.05, 0) is 31.1 Å². The Morgan fingerprint density at radius 1 is 1.67 bits per heavy atom. The van der Waals surface area contributed by atoms with Crippen molar-refractivity contribution in [2.45, 2.75) is 19.3 Å². The Balaban J connectivity index is 2.12. The molecule has 0 fully saturated rings. The monoisotopic (exact) mass is 162 g/mol. The summed E-state index contributed by atoms with van der Waals surface area (Å²) in [5.74, 6) is 1.04. The van der Waals surface area contributed by atoms with Gasteiger partial charge in [0.15, 0.2) is 0 Å². The molecule has 1 aliphatic carbocycles. The summed E-state index contributed by atoms with van der Waals surface area (Å²) >= 11 is 0. The fourth-order valence-corrected chi connectivity index (χ4v) is 0.975. The molecule has 1 rings (SSSR count). The van der Waals surface area contributed by atoms with Gasteiger partial charge in [0.25, 0.3) is 0 Å². The van der Waals surface area contributed by atoms with E-state index in [0.29, 0.717) is 0 Å². The highest BCUT2D eigenvalue weighted by molar-refractivity contribution is 5.15. The van der Waals surface area contributed by atoms with Gasteiger partial charge in [0.1, 0.15) is 5.76 Å². The fourth-order valence-electron chi connectivity index (χ4n) is 0.975. The summed E-state index contributed by atoms with van der Waals surface area (Å²) in [5.41, 5.74) is 2.99. The summed E-state index contributed by atoms with van der Waals surface area (Å²) < 4.78 is 5.50. The van der Waals surface area contributed by atoms with Crippen molar-refractivity contribution in [3.05, 3.63) is 42.4 Å². The molecule has 0 aliphatic heterocycles. The predicted octanol–water partition coefficient (Wildman–Crippen LogP) is 2.97. The van der Waals surface area contributed by atoms with E-state index in [-0.39, 0.29) is 0 Å². The summed E-state index contributed by atoms with van der Waals surface area (Å²) in [5, 5.41) is 0. The van der Waals surface area contributed by atoms with Crippen LogP contribution >= 0.6 is 0 Å². The van der Waals surface area contributed by atoms with Crippen LogP contribution < -0.4 is 0 Å². The maximum absolute atomic E-state index is 5.50. The summed E-state index contributed by atoms with van der Waals surface area (Å²) in [6.45, 7) is 4.44. The second-order valence-electron chi connectivity index (χ2n) is 2.65. The molecule has 0 aromatic carbocycles. The van der Waals surface area contributed by atoms with E-state index in [0.717, 1.165) is 31.6 Å². The highest BCUT2D eigenvalue weighted by Gasteiger charge is 1.95. The molecule has 1 heteroatoms. The molecule has 0 bridgehead atoms. The maximum Gasteiger partial charge on any atom is 0.101 e. The maximum atomic E-state index is 5.50. The molecular weight excluding hydrogens is 148 g/mol. The molecule has 64 valence electrons. The molecule has 0 aromatic heterocycles. The van der Waals surface area contributed by atoms with Crippen molar-refractivity contribution in [1.29, 1.82) is 0 Å². The fraction of sp³-hybridized carbons (Fsp3) is 0.364. The Morgan fingerprint density at radius 2 is 2.58 bits per heavy atom. The minimum atomic E-state index is 0.791. The van der Waals surface area contributed by atoms with Crippen molar-refractivity contribution in [1.82, 2.24) is 0 Å². The number of allylic oxidation sites excluding steroid dienone is 3. The molecule has 0 spiro atoms. The average Bonchev–Trinajstić information content (AvgIpc) is 2.14. The molecule has 0 amide bonds. The second kappa shape index (κ2) is 5.45. The first-order valence-corrected chi connectivity index (χ1v) is 4.27. The Morgan fingerprint density at radius 3 is 3.25 bits per heavy atom. The average molecular weight is 162 g/mol. The summed E-state index contributed by atoms with van der Waals surface area (Å²) in [4.78, 5) is 0. The van der Waals surface area contributed by atoms with Crippen LogP contribution in [0.5, 0.6) is 0 Å². The molecule has 1 nitrogen and oxygen atoms in total. The first-order valence-electron chi connectivity index (χ1n) is 4.27. The van der Waals surface area contributed by atoms with Crippen molar-refractivity contribution >= 4 is 0 Å². The van der Waals surface area contributed by atoms with Crippen LogP contribution in [0.4, 0.5) is 0 Å². The van der Waals surface area contributed by atoms with Gasteiger partial charge in [0, 0.05) is 6.42 Å². The number of ether oxygens (including phenoxy) is 1. The zero-order valence-electron chi connectivity index (χ0n) is 7.25. The van der Waals surface area contributed by atoms with Gasteiger partial charge in [0.2, 0.25) is 0 Å². The number of hydrogen-bond donors (Lipinski definition) is 0. The van der Waals surface area contributed by atoms with Crippen LogP contribution in [0.1, 0.15) is 19.3 Å². The van der Waals surface area contributed by atoms with Crippen LogP contribution in [0.3, 0.4) is 0 Å². The van der Waals surface area contributed by atoms with Crippen LogP contribution in [-0.2, 0) is 4.74 Å². The third-order valence-electron chi connectivity index (χ3n) is 1.63. The lowest BCUT2D eigenvalue weighted by molar-refractivity contribution is 0.204. The predicted molar refractivity (Wildman–Crippen MR) is 50.7 cm³/mol. The van der Waals surface area contributed by atoms with E-state index in [1.165, 1.54) is 0 Å². The molecule has 0 saturated heterocycles. The van der Waals surface area contributed by atoms with E-state index in [1.54, 1.807) is 0 Å².